The number of sulfonamides is 1. The molecule has 1 atom stereocenters. The molecule has 33 heavy (non-hydrogen) atoms. The lowest BCUT2D eigenvalue weighted by atomic mass is 10.1. The van der Waals surface area contributed by atoms with E-state index in [-0.39, 0.29) is 28.1 Å². The van der Waals surface area contributed by atoms with Crippen molar-refractivity contribution in [3.63, 3.8) is 0 Å². The van der Waals surface area contributed by atoms with Crippen LogP contribution in [0.15, 0.2) is 47.4 Å². The molecule has 2 heterocycles. The largest absolute Gasteiger partial charge is 0.379 e. The summed E-state index contributed by atoms with van der Waals surface area (Å²) in [6.45, 7) is 4.77. The molecule has 2 saturated heterocycles. The third-order valence-corrected chi connectivity index (χ3v) is 7.61. The summed E-state index contributed by atoms with van der Waals surface area (Å²) in [5, 5.41) is 2.90. The van der Waals surface area contributed by atoms with Gasteiger partial charge in [-0.05, 0) is 48.7 Å². The summed E-state index contributed by atoms with van der Waals surface area (Å²) in [6, 6.07) is 11.9. The van der Waals surface area contributed by atoms with Crippen LogP contribution in [-0.4, -0.2) is 64.8 Å². The van der Waals surface area contributed by atoms with Gasteiger partial charge < -0.3 is 14.8 Å². The fourth-order valence-electron chi connectivity index (χ4n) is 3.90. The predicted molar refractivity (Wildman–Crippen MR) is 126 cm³/mol. The van der Waals surface area contributed by atoms with E-state index in [9.17, 15) is 13.2 Å². The van der Waals surface area contributed by atoms with Crippen molar-refractivity contribution in [2.45, 2.75) is 30.4 Å². The van der Waals surface area contributed by atoms with E-state index in [0.717, 1.165) is 51.3 Å². The van der Waals surface area contributed by atoms with Crippen LogP contribution < -0.4 is 10.0 Å². The number of morpholine rings is 1. The number of halogens is 1. The van der Waals surface area contributed by atoms with Crippen molar-refractivity contribution in [1.82, 2.24) is 9.62 Å². The first-order valence-electron chi connectivity index (χ1n) is 11.0. The Labute approximate surface area is 199 Å². The zero-order valence-electron chi connectivity index (χ0n) is 18.3. The highest BCUT2D eigenvalue weighted by atomic mass is 35.5. The Morgan fingerprint density at radius 1 is 1.12 bits per heavy atom. The van der Waals surface area contributed by atoms with Gasteiger partial charge >= 0.3 is 0 Å². The van der Waals surface area contributed by atoms with E-state index < -0.39 is 15.9 Å². The maximum Gasteiger partial charge on any atom is 0.255 e. The minimum Gasteiger partial charge on any atom is -0.379 e. The van der Waals surface area contributed by atoms with Gasteiger partial charge in [-0.2, -0.15) is 0 Å². The zero-order chi connectivity index (χ0) is 23.3. The number of nitrogens with one attached hydrogen (secondary N) is 2. The minimum absolute atomic E-state index is 0.0545. The molecule has 4 rings (SSSR count). The maximum atomic E-state index is 12.9. The van der Waals surface area contributed by atoms with Crippen LogP contribution in [0.5, 0.6) is 0 Å². The van der Waals surface area contributed by atoms with Gasteiger partial charge in [0.25, 0.3) is 5.91 Å². The number of anilines is 1. The smallest absolute Gasteiger partial charge is 0.255 e. The monoisotopic (exact) mass is 493 g/mol. The molecule has 0 spiro atoms. The molecule has 2 aliphatic heterocycles. The SMILES string of the molecule is O=C(Nc1cccc(CN2CCOCC2)c1)c1ccc(Cl)c(S(=O)(=O)NCC2CCCO2)c1. The molecule has 0 aromatic heterocycles. The van der Waals surface area contributed by atoms with E-state index in [1.165, 1.54) is 18.2 Å². The Morgan fingerprint density at radius 3 is 2.70 bits per heavy atom. The van der Waals surface area contributed by atoms with Crippen molar-refractivity contribution in [2.75, 3.05) is 44.8 Å². The fourth-order valence-corrected chi connectivity index (χ4v) is 5.49. The van der Waals surface area contributed by atoms with Gasteiger partial charge in [-0.25, -0.2) is 13.1 Å². The summed E-state index contributed by atoms with van der Waals surface area (Å²) in [6.07, 6.45) is 1.58. The van der Waals surface area contributed by atoms with Gasteiger partial charge in [0.15, 0.2) is 0 Å². The average molecular weight is 494 g/mol. The van der Waals surface area contributed by atoms with E-state index in [0.29, 0.717) is 12.3 Å². The van der Waals surface area contributed by atoms with E-state index in [2.05, 4.69) is 14.9 Å². The van der Waals surface area contributed by atoms with Crippen LogP contribution in [0.4, 0.5) is 5.69 Å². The van der Waals surface area contributed by atoms with Crippen LogP contribution in [0, 0.1) is 0 Å². The highest BCUT2D eigenvalue weighted by Gasteiger charge is 2.23. The van der Waals surface area contributed by atoms with Crippen LogP contribution in [0.1, 0.15) is 28.8 Å². The molecule has 0 aliphatic carbocycles. The third kappa shape index (κ3) is 6.53. The van der Waals surface area contributed by atoms with Gasteiger partial charge in [0.2, 0.25) is 10.0 Å². The second kappa shape index (κ2) is 10.9. The Morgan fingerprint density at radius 2 is 1.94 bits per heavy atom. The third-order valence-electron chi connectivity index (χ3n) is 5.70. The number of nitrogens with zero attached hydrogens (tertiary/aromatic N) is 1. The first-order chi connectivity index (χ1) is 15.9. The summed E-state index contributed by atoms with van der Waals surface area (Å²) in [7, 11) is -3.89. The number of ether oxygens (including phenoxy) is 2. The standard InChI is InChI=1S/C23H28ClN3O5S/c24-21-7-6-18(14-22(21)33(29,30)25-15-20-5-2-10-32-20)23(28)26-19-4-1-3-17(13-19)16-27-8-11-31-12-9-27/h1,3-4,6-7,13-14,20,25H,2,5,8-12,15-16H2,(H,26,28). The summed E-state index contributed by atoms with van der Waals surface area (Å²) in [4.78, 5) is 15.0. The minimum atomic E-state index is -3.89. The number of benzene rings is 2. The van der Waals surface area contributed by atoms with Crippen molar-refractivity contribution in [2.24, 2.45) is 0 Å². The van der Waals surface area contributed by atoms with Crippen molar-refractivity contribution in [3.8, 4) is 0 Å². The van der Waals surface area contributed by atoms with E-state index in [1.807, 2.05) is 18.2 Å². The van der Waals surface area contributed by atoms with Gasteiger partial charge in [-0.1, -0.05) is 23.7 Å². The summed E-state index contributed by atoms with van der Waals surface area (Å²) in [5.41, 5.74) is 1.92. The molecule has 1 amide bonds. The molecule has 1 unspecified atom stereocenters. The first-order valence-corrected chi connectivity index (χ1v) is 12.9. The fraction of sp³-hybridized carbons (Fsp3) is 0.435. The molecule has 2 aromatic rings. The zero-order valence-corrected chi connectivity index (χ0v) is 19.8. The second-order valence-electron chi connectivity index (χ2n) is 8.18. The number of hydrogen-bond acceptors (Lipinski definition) is 6. The normalized spacial score (nSPS) is 19.5. The lowest BCUT2D eigenvalue weighted by Gasteiger charge is -2.26. The first kappa shape index (κ1) is 24.1. The summed E-state index contributed by atoms with van der Waals surface area (Å²) in [5.74, 6) is -0.411. The quantitative estimate of drug-likeness (QED) is 0.587. The average Bonchev–Trinajstić information content (AvgIpc) is 3.33. The van der Waals surface area contributed by atoms with Gasteiger partial charge in [0.1, 0.15) is 4.90 Å². The highest BCUT2D eigenvalue weighted by Crippen LogP contribution is 2.24. The predicted octanol–water partition coefficient (Wildman–Crippen LogP) is 2.88. The molecule has 0 saturated carbocycles. The van der Waals surface area contributed by atoms with Crippen molar-refractivity contribution < 1.29 is 22.7 Å². The number of carbonyl (C=O) groups excluding carboxylic acids is 1. The van der Waals surface area contributed by atoms with Crippen LogP contribution >= 0.6 is 11.6 Å². The molecular weight excluding hydrogens is 466 g/mol. The lowest BCUT2D eigenvalue weighted by molar-refractivity contribution is 0.0342. The van der Waals surface area contributed by atoms with Crippen LogP contribution in [0.25, 0.3) is 0 Å². The molecule has 0 bridgehead atoms. The van der Waals surface area contributed by atoms with Gasteiger partial charge in [-0.15, -0.1) is 0 Å². The molecule has 8 nitrogen and oxygen atoms in total. The van der Waals surface area contributed by atoms with Crippen LogP contribution in [0.2, 0.25) is 5.02 Å². The summed E-state index contributed by atoms with van der Waals surface area (Å²) < 4.78 is 38.9. The Kier molecular flexibility index (Phi) is 8.00. The van der Waals surface area contributed by atoms with Gasteiger partial charge in [-0.3, -0.25) is 9.69 Å². The second-order valence-corrected chi connectivity index (χ2v) is 10.3. The molecule has 2 N–H and O–H groups in total. The Bertz CT molecular complexity index is 1080. The van der Waals surface area contributed by atoms with Crippen molar-refractivity contribution >= 4 is 33.2 Å². The maximum absolute atomic E-state index is 12.9. The lowest BCUT2D eigenvalue weighted by Crippen LogP contribution is -2.35. The van der Waals surface area contributed by atoms with E-state index in [1.54, 1.807) is 6.07 Å². The Balaban J connectivity index is 1.43. The highest BCUT2D eigenvalue weighted by molar-refractivity contribution is 7.89. The summed E-state index contributed by atoms with van der Waals surface area (Å²) >= 11 is 6.16. The van der Waals surface area contributed by atoms with Crippen LogP contribution in [0.3, 0.4) is 0 Å². The van der Waals surface area contributed by atoms with E-state index >= 15 is 0 Å². The van der Waals surface area contributed by atoms with Gasteiger partial charge in [0, 0.05) is 44.0 Å². The molecule has 0 radical (unpaired) electrons. The molecule has 2 fully saturated rings. The van der Waals surface area contributed by atoms with Crippen molar-refractivity contribution in [3.05, 3.63) is 58.6 Å². The van der Waals surface area contributed by atoms with Crippen molar-refractivity contribution in [1.29, 1.82) is 0 Å². The number of amides is 1. The molecule has 2 aliphatic rings. The van der Waals surface area contributed by atoms with Gasteiger partial charge in [0.05, 0.1) is 24.3 Å². The van der Waals surface area contributed by atoms with Crippen LogP contribution in [-0.2, 0) is 26.0 Å². The molecule has 10 heteroatoms. The molecular formula is C23H28ClN3O5S. The number of carbonyl (C=O) groups is 1. The topological polar surface area (TPSA) is 97.0 Å². The molecule has 178 valence electrons. The number of rotatable bonds is 8. The Hall–Kier alpha value is -2.01. The number of hydrogen-bond donors (Lipinski definition) is 2. The van der Waals surface area contributed by atoms with E-state index in [4.69, 9.17) is 21.1 Å². The molecule has 2 aromatic carbocycles.